The molecule has 0 atom stereocenters. The smallest absolute Gasteiger partial charge is 0.166 e. The molecule has 15 heavy (non-hydrogen) atoms. The average molecular weight is 235 g/mol. The first kappa shape index (κ1) is 10.8. The molecular weight excluding hydrogens is 225 g/mol. The Hall–Kier alpha value is -0.700. The summed E-state index contributed by atoms with van der Waals surface area (Å²) in [4.78, 5) is 0. The molecule has 0 spiro atoms. The topological polar surface area (TPSA) is 0 Å². The molecule has 82 valence electrons. The predicted molar refractivity (Wildman–Crippen MR) is 53.0 cm³/mol. The summed E-state index contributed by atoms with van der Waals surface area (Å²) in [6.45, 7) is 0. The Kier molecular flexibility index (Phi) is 2.67. The molecule has 1 saturated carbocycles. The molecule has 0 radical (unpaired) electrons. The molecule has 0 bridgehead atoms. The molecule has 0 aromatic heterocycles. The fourth-order valence-electron chi connectivity index (χ4n) is 1.68. The molecule has 1 fully saturated rings. The first-order valence-corrected chi connectivity index (χ1v) is 5.32. The second-order valence-corrected chi connectivity index (χ2v) is 4.09. The average Bonchev–Trinajstić information content (AvgIpc) is 2.99. The van der Waals surface area contributed by atoms with Crippen LogP contribution in [0.4, 0.5) is 13.2 Å². The molecule has 1 aliphatic rings. The number of benzene rings is 1. The second kappa shape index (κ2) is 3.71. The Labute approximate surface area is 91.1 Å². The molecular formula is C11H10ClF3. The highest BCUT2D eigenvalue weighted by Gasteiger charge is 2.38. The molecule has 2 rings (SSSR count). The lowest BCUT2D eigenvalue weighted by atomic mass is 10.0. The standard InChI is InChI=1S/C11H10ClF3/c12-6-7-1-4-9(8-2-3-8)10(5-7)11(13,14)15/h1,4-5,8H,2-3,6H2. The summed E-state index contributed by atoms with van der Waals surface area (Å²) < 4.78 is 38.1. The van der Waals surface area contributed by atoms with Gasteiger partial charge in [0.05, 0.1) is 5.56 Å². The Bertz CT molecular complexity index is 367. The van der Waals surface area contributed by atoms with Crippen molar-refractivity contribution in [3.8, 4) is 0 Å². The van der Waals surface area contributed by atoms with E-state index < -0.39 is 11.7 Å². The van der Waals surface area contributed by atoms with E-state index in [2.05, 4.69) is 0 Å². The van der Waals surface area contributed by atoms with Crippen LogP contribution in [0.2, 0.25) is 0 Å². The Morgan fingerprint density at radius 1 is 1.27 bits per heavy atom. The van der Waals surface area contributed by atoms with Crippen molar-refractivity contribution in [2.24, 2.45) is 0 Å². The maximum absolute atomic E-state index is 12.7. The monoisotopic (exact) mass is 234 g/mol. The summed E-state index contributed by atoms with van der Waals surface area (Å²) in [7, 11) is 0. The highest BCUT2D eigenvalue weighted by Crippen LogP contribution is 2.46. The molecule has 0 heterocycles. The summed E-state index contributed by atoms with van der Waals surface area (Å²) in [6, 6.07) is 4.41. The van der Waals surface area contributed by atoms with Crippen LogP contribution in [0, 0.1) is 0 Å². The minimum Gasteiger partial charge on any atom is -0.166 e. The van der Waals surface area contributed by atoms with Gasteiger partial charge < -0.3 is 0 Å². The summed E-state index contributed by atoms with van der Waals surface area (Å²) >= 11 is 5.53. The van der Waals surface area contributed by atoms with Gasteiger partial charge in [-0.3, -0.25) is 0 Å². The zero-order chi connectivity index (χ0) is 11.1. The van der Waals surface area contributed by atoms with Crippen LogP contribution in [0.5, 0.6) is 0 Å². The van der Waals surface area contributed by atoms with Crippen molar-refractivity contribution in [3.05, 3.63) is 34.9 Å². The van der Waals surface area contributed by atoms with E-state index >= 15 is 0 Å². The van der Waals surface area contributed by atoms with Crippen molar-refractivity contribution >= 4 is 11.6 Å². The number of halogens is 4. The Morgan fingerprint density at radius 2 is 1.93 bits per heavy atom. The van der Waals surface area contributed by atoms with E-state index in [0.29, 0.717) is 11.1 Å². The zero-order valence-electron chi connectivity index (χ0n) is 7.94. The first-order chi connectivity index (χ1) is 7.02. The van der Waals surface area contributed by atoms with Crippen LogP contribution < -0.4 is 0 Å². The summed E-state index contributed by atoms with van der Waals surface area (Å²) in [5, 5.41) is 0. The fraction of sp³-hybridized carbons (Fsp3) is 0.455. The number of hydrogen-bond acceptors (Lipinski definition) is 0. The van der Waals surface area contributed by atoms with Gasteiger partial charge in [0.1, 0.15) is 0 Å². The molecule has 0 aliphatic heterocycles. The van der Waals surface area contributed by atoms with Crippen LogP contribution in [0.3, 0.4) is 0 Å². The third-order valence-corrected chi connectivity index (χ3v) is 2.90. The molecule has 0 amide bonds. The predicted octanol–water partition coefficient (Wildman–Crippen LogP) is 4.32. The lowest BCUT2D eigenvalue weighted by Crippen LogP contribution is -2.09. The van der Waals surface area contributed by atoms with Gasteiger partial charge in [-0.05, 0) is 36.0 Å². The van der Waals surface area contributed by atoms with Crippen molar-refractivity contribution in [2.75, 3.05) is 0 Å². The maximum Gasteiger partial charge on any atom is 0.416 e. The van der Waals surface area contributed by atoms with E-state index in [9.17, 15) is 13.2 Å². The third-order valence-electron chi connectivity index (χ3n) is 2.59. The number of hydrogen-bond donors (Lipinski definition) is 0. The fourth-order valence-corrected chi connectivity index (χ4v) is 1.85. The quantitative estimate of drug-likeness (QED) is 0.669. The lowest BCUT2D eigenvalue weighted by Gasteiger charge is -2.13. The van der Waals surface area contributed by atoms with Crippen LogP contribution in [-0.2, 0) is 12.1 Å². The van der Waals surface area contributed by atoms with Crippen LogP contribution in [0.25, 0.3) is 0 Å². The van der Waals surface area contributed by atoms with Crippen molar-refractivity contribution in [3.63, 3.8) is 0 Å². The Balaban J connectivity index is 2.45. The van der Waals surface area contributed by atoms with E-state index in [4.69, 9.17) is 11.6 Å². The van der Waals surface area contributed by atoms with Crippen LogP contribution >= 0.6 is 11.6 Å². The molecule has 1 aromatic rings. The molecule has 0 unspecified atom stereocenters. The molecule has 1 aliphatic carbocycles. The van der Waals surface area contributed by atoms with Crippen molar-refractivity contribution in [2.45, 2.75) is 30.8 Å². The molecule has 0 N–H and O–H groups in total. The number of alkyl halides is 4. The van der Waals surface area contributed by atoms with E-state index in [1.807, 2.05) is 0 Å². The molecule has 0 nitrogen and oxygen atoms in total. The SMILES string of the molecule is FC(F)(F)c1cc(CCl)ccc1C1CC1. The maximum atomic E-state index is 12.7. The van der Waals surface area contributed by atoms with Gasteiger partial charge in [0.15, 0.2) is 0 Å². The Morgan fingerprint density at radius 3 is 2.40 bits per heavy atom. The molecule has 0 saturated heterocycles. The van der Waals surface area contributed by atoms with Gasteiger partial charge in [-0.15, -0.1) is 11.6 Å². The van der Waals surface area contributed by atoms with Gasteiger partial charge >= 0.3 is 6.18 Å². The van der Waals surface area contributed by atoms with Crippen molar-refractivity contribution in [1.82, 2.24) is 0 Å². The minimum absolute atomic E-state index is 0.103. The van der Waals surface area contributed by atoms with Gasteiger partial charge in [-0.25, -0.2) is 0 Å². The van der Waals surface area contributed by atoms with Crippen molar-refractivity contribution in [1.29, 1.82) is 0 Å². The van der Waals surface area contributed by atoms with Gasteiger partial charge in [0.2, 0.25) is 0 Å². The third kappa shape index (κ3) is 2.28. The summed E-state index contributed by atoms with van der Waals surface area (Å²) in [5.41, 5.74) is 0.438. The van der Waals surface area contributed by atoms with Gasteiger partial charge in [-0.1, -0.05) is 12.1 Å². The van der Waals surface area contributed by atoms with Crippen LogP contribution in [-0.4, -0.2) is 0 Å². The second-order valence-electron chi connectivity index (χ2n) is 3.83. The largest absolute Gasteiger partial charge is 0.416 e. The van der Waals surface area contributed by atoms with Crippen LogP contribution in [0.1, 0.15) is 35.4 Å². The first-order valence-electron chi connectivity index (χ1n) is 4.78. The lowest BCUT2D eigenvalue weighted by molar-refractivity contribution is -0.138. The van der Waals surface area contributed by atoms with Crippen molar-refractivity contribution < 1.29 is 13.2 Å². The number of rotatable bonds is 2. The van der Waals surface area contributed by atoms with Gasteiger partial charge in [0, 0.05) is 5.88 Å². The van der Waals surface area contributed by atoms with E-state index in [0.717, 1.165) is 12.8 Å². The molecule has 1 aromatic carbocycles. The minimum atomic E-state index is -4.26. The van der Waals surface area contributed by atoms with E-state index in [1.165, 1.54) is 6.07 Å². The van der Waals surface area contributed by atoms with E-state index in [1.54, 1.807) is 12.1 Å². The zero-order valence-corrected chi connectivity index (χ0v) is 8.70. The van der Waals surface area contributed by atoms with Gasteiger partial charge in [-0.2, -0.15) is 13.2 Å². The highest BCUT2D eigenvalue weighted by atomic mass is 35.5. The van der Waals surface area contributed by atoms with Crippen LogP contribution in [0.15, 0.2) is 18.2 Å². The highest BCUT2D eigenvalue weighted by molar-refractivity contribution is 6.17. The summed E-state index contributed by atoms with van der Waals surface area (Å²) in [6.07, 6.45) is -2.54. The van der Waals surface area contributed by atoms with Gasteiger partial charge in [0.25, 0.3) is 0 Å². The van der Waals surface area contributed by atoms with E-state index in [-0.39, 0.29) is 11.8 Å². The normalized spacial score (nSPS) is 16.8. The summed E-state index contributed by atoms with van der Waals surface area (Å²) in [5.74, 6) is 0.222. The molecule has 4 heteroatoms.